The molecule has 12 N–H and O–H groups in total. The summed E-state index contributed by atoms with van der Waals surface area (Å²) in [6, 6.07) is 43.2. The van der Waals surface area contributed by atoms with E-state index in [1.54, 1.807) is 75.3 Å². The van der Waals surface area contributed by atoms with Gasteiger partial charge in [-0.15, -0.1) is 0 Å². The van der Waals surface area contributed by atoms with Crippen molar-refractivity contribution in [3.8, 4) is 11.1 Å². The molecule has 0 bridgehead atoms. The number of rotatable bonds is 24. The summed E-state index contributed by atoms with van der Waals surface area (Å²) < 4.78 is 65.3. The smallest absolute Gasteiger partial charge is 0.521 e. The first-order valence-electron chi connectivity index (χ1n) is 42.7. The maximum atomic E-state index is 12.1. The maximum Gasteiger partial charge on any atom is 1.00 e. The van der Waals surface area contributed by atoms with Crippen LogP contribution < -0.4 is 73.1 Å². The summed E-state index contributed by atoms with van der Waals surface area (Å²) in [7, 11) is 0.214. The summed E-state index contributed by atoms with van der Waals surface area (Å²) in [6.07, 6.45) is 13.8. The second-order valence-corrected chi connectivity index (χ2v) is 34.3. The predicted octanol–water partition coefficient (Wildman–Crippen LogP) is 17.4. The van der Waals surface area contributed by atoms with Crippen molar-refractivity contribution >= 4 is 206 Å². The van der Waals surface area contributed by atoms with Gasteiger partial charge in [0.1, 0.15) is 47.6 Å². The standard InChI is InChI=1S/C19H26N2O4.C19H24N2O4.C17H21BrN2O4.C16H14O2.C14H17NO2.C13H16N2O2.C2H3.BF3.K.5H2S/c2*1-6-12-8-7-9-14-13(11-20-16(12)14)10-15(17(22)24-5)21-18(23)25-19(2,3)4;1-17(2,3)24-16(22)20-13(15(21)23-4)8-10-9-19-14-11(10)6-5-7-12(14)18;1-11(17)18-10-16-14-8-4-2-6-12(14)13-7-3-5-9-15(13)16;1-3-10-5-4-6-12-11(8-15-13(10)12)7-9(2)14(16)17;1-2-8-4-3-5-10-9(7-15-12(8)10)6-11(14)13(16)17;1-2;2-1(3)4;;;;;;/h7-9,11,15,20H,6,10H2,1-5H3,(H,21,23);6-9,11,15,20H,1,10H2,2-5H3,(H,21,23);5-7,9,13,19H,8H2,1-4H3,(H,20,22);2-9,16H,10H2,1H3;4-6,8-9,15H,3,7H2,1-2H3,(H,16,17);3-5,7,11,15H,2,6,14H2,1H3,(H,16,17);1H,2H2;;;5*1H2/q;;;;;;-1;;+1;;;;;/t2*15-;13-;;9-;11-;;;;;;;;/m000.00......../s1. The molecule has 5 heterocycles. The van der Waals surface area contributed by atoms with Crippen LogP contribution in [0.3, 0.4) is 0 Å². The largest absolute Gasteiger partial charge is 1.00 e. The normalized spacial score (nSPS) is 11.8. The molecule has 0 fully saturated rings. The number of nitrogens with one attached hydrogen (secondary N) is 8. The number of para-hydroxylation sites is 5. The zero-order valence-corrected chi connectivity index (χ0v) is 90.9. The molecular formula is C100H131BBrF3KN9O18S5. The minimum absolute atomic E-state index is 0. The molecule has 0 spiro atoms. The fourth-order valence-electron chi connectivity index (χ4n) is 14.5. The van der Waals surface area contributed by atoms with Crippen molar-refractivity contribution in [2.75, 3.05) is 27.9 Å². The Balaban J connectivity index is 0.00000161. The number of carboxylic acids is 2. The molecular weight excluding hydrogens is 1960 g/mol. The molecule has 27 nitrogen and oxygen atoms in total. The summed E-state index contributed by atoms with van der Waals surface area (Å²) in [4.78, 5) is 121. The molecule has 38 heteroatoms. The Morgan fingerprint density at radius 3 is 1.05 bits per heavy atom. The van der Waals surface area contributed by atoms with Crippen molar-refractivity contribution in [2.45, 2.75) is 195 Å². The monoisotopic (exact) mass is 2090 g/mol. The van der Waals surface area contributed by atoms with Gasteiger partial charge in [0.05, 0.1) is 38.3 Å². The Morgan fingerprint density at radius 1 is 0.457 bits per heavy atom. The van der Waals surface area contributed by atoms with Gasteiger partial charge in [-0.25, -0.2) is 28.8 Å². The van der Waals surface area contributed by atoms with E-state index in [1.165, 1.54) is 67.2 Å². The van der Waals surface area contributed by atoms with Gasteiger partial charge < -0.3 is 96.6 Å². The number of benzene rings is 7. The predicted molar refractivity (Wildman–Crippen MR) is 565 cm³/mol. The number of methoxy groups -OCH3 is 3. The molecule has 0 radical (unpaired) electrons. The first-order valence-corrected chi connectivity index (χ1v) is 43.5. The molecule has 5 atom stereocenters. The van der Waals surface area contributed by atoms with Crippen LogP contribution in [0.2, 0.25) is 0 Å². The molecule has 0 saturated heterocycles. The van der Waals surface area contributed by atoms with Gasteiger partial charge in [-0.05, 0) is 182 Å². The number of aromatic nitrogens is 5. The van der Waals surface area contributed by atoms with Crippen LogP contribution >= 0.6 is 83.4 Å². The summed E-state index contributed by atoms with van der Waals surface area (Å²) in [5.74, 6) is -3.67. The van der Waals surface area contributed by atoms with Crippen LogP contribution in [0.15, 0.2) is 188 Å². The van der Waals surface area contributed by atoms with E-state index in [1.807, 2.05) is 122 Å². The molecule has 746 valence electrons. The van der Waals surface area contributed by atoms with Gasteiger partial charge in [-0.3, -0.25) is 33.9 Å². The third-order valence-corrected chi connectivity index (χ3v) is 21.2. The van der Waals surface area contributed by atoms with Crippen LogP contribution in [0.1, 0.15) is 164 Å². The molecule has 3 amide bonds. The minimum Gasteiger partial charge on any atom is -0.521 e. The number of carboxylic acid groups (broad SMARTS) is 2. The number of halogens is 4. The first kappa shape index (κ1) is 128. The molecule has 1 aliphatic carbocycles. The first-order chi connectivity index (χ1) is 62.5. The zero-order chi connectivity index (χ0) is 98.1. The van der Waals surface area contributed by atoms with Crippen LogP contribution in [0.25, 0.3) is 71.7 Å². The molecule has 13 rings (SSSR count). The number of aryl methyl sites for hydroxylation is 3. The van der Waals surface area contributed by atoms with Gasteiger partial charge in [-0.1, -0.05) is 174 Å². The topological polar surface area (TPSA) is 400 Å². The van der Waals surface area contributed by atoms with Gasteiger partial charge in [0, 0.05) is 117 Å². The molecule has 0 unspecified atom stereocenters. The average Bonchev–Trinajstić information content (AvgIpc) is 1.61. The molecule has 0 aliphatic heterocycles. The van der Waals surface area contributed by atoms with Crippen LogP contribution in [0.4, 0.5) is 27.3 Å². The number of esters is 4. The average molecular weight is 2090 g/mol. The van der Waals surface area contributed by atoms with E-state index < -0.39 is 96.6 Å². The number of carbonyl (C=O) groups is 9. The van der Waals surface area contributed by atoms with E-state index in [9.17, 15) is 56.1 Å². The fourth-order valence-corrected chi connectivity index (χ4v) is 15.0. The van der Waals surface area contributed by atoms with Crippen molar-refractivity contribution in [2.24, 2.45) is 11.7 Å². The number of alkyl carbamates (subject to hydrolysis) is 3. The summed E-state index contributed by atoms with van der Waals surface area (Å²) in [5.41, 5.74) is 23.3. The number of hydrogen-bond donors (Lipinski definition) is 11. The van der Waals surface area contributed by atoms with E-state index in [2.05, 4.69) is 146 Å². The van der Waals surface area contributed by atoms with Crippen LogP contribution in [-0.4, -0.2) is 166 Å². The number of carbonyl (C=O) groups excluding carboxylic acids is 7. The Bertz CT molecular complexity index is 5790. The van der Waals surface area contributed by atoms with Gasteiger partial charge in [0.25, 0.3) is 0 Å². The molecule has 138 heavy (non-hydrogen) atoms. The van der Waals surface area contributed by atoms with E-state index in [0.29, 0.717) is 32.3 Å². The summed E-state index contributed by atoms with van der Waals surface area (Å²) >= 11 is 3.48. The number of H-pyrrole nitrogens is 5. The second-order valence-electron chi connectivity index (χ2n) is 33.4. The molecule has 7 aromatic carbocycles. The van der Waals surface area contributed by atoms with Gasteiger partial charge in [0.15, 0.2) is 0 Å². The van der Waals surface area contributed by atoms with Crippen molar-refractivity contribution < 1.29 is 151 Å². The maximum absolute atomic E-state index is 12.1. The minimum atomic E-state index is -3.67. The van der Waals surface area contributed by atoms with E-state index in [-0.39, 0.29) is 143 Å². The summed E-state index contributed by atoms with van der Waals surface area (Å²) in [5, 5.41) is 30.7. The van der Waals surface area contributed by atoms with Crippen LogP contribution in [-0.2, 0) is 113 Å². The van der Waals surface area contributed by atoms with E-state index in [0.717, 1.165) is 112 Å². The van der Waals surface area contributed by atoms with Gasteiger partial charge >= 0.3 is 113 Å². The zero-order valence-electron chi connectivity index (χ0n) is 81.2. The van der Waals surface area contributed by atoms with E-state index >= 15 is 0 Å². The van der Waals surface area contributed by atoms with Crippen LogP contribution in [0, 0.1) is 12.5 Å². The molecule has 0 saturated carbocycles. The summed E-state index contributed by atoms with van der Waals surface area (Å²) in [6.45, 7) is 36.6. The second kappa shape index (κ2) is 61.6. The third-order valence-electron chi connectivity index (χ3n) is 20.5. The van der Waals surface area contributed by atoms with Crippen molar-refractivity contribution in [1.82, 2.24) is 40.9 Å². The van der Waals surface area contributed by atoms with Gasteiger partial charge in [-0.2, -0.15) is 67.5 Å². The van der Waals surface area contributed by atoms with Crippen LogP contribution in [0.5, 0.6) is 0 Å². The fraction of sp³-hybridized carbons (Fsp3) is 0.350. The quantitative estimate of drug-likeness (QED) is 0.0116. The number of nitrogens with two attached hydrogens (primary N) is 1. The molecule has 1 aliphatic rings. The number of aliphatic carboxylic acids is 2. The third kappa shape index (κ3) is 38.9. The van der Waals surface area contributed by atoms with Gasteiger partial charge in [0.2, 0.25) is 0 Å². The number of hydrogen-bond acceptors (Lipinski definition) is 17. The number of amides is 3. The molecule has 12 aromatic rings. The number of aromatic amines is 5. The van der Waals surface area contributed by atoms with Crippen molar-refractivity contribution in [3.63, 3.8) is 0 Å². The Labute approximate surface area is 890 Å². The van der Waals surface area contributed by atoms with E-state index in [4.69, 9.17) is 49.1 Å². The Kier molecular flexibility index (Phi) is 57.1. The Morgan fingerprint density at radius 2 is 0.746 bits per heavy atom. The SMILES string of the molecule is C=Cc1cccc2c(C[C@H](NC(=O)OC(C)(C)C)C(=O)OC)c[nH]c12.CC(=O)OCC1c2ccccc2-c2ccccc21.CCc1cccc2c(C[C@H](C)C(=O)O)c[nH]c12.CCc1cccc2c(C[C@H](N)C(=O)O)c[nH]c12.CCc1cccc2c(C[C@H](NC(=O)OC(C)(C)C)C(=O)OC)c[nH]c12.COC(=O)[C@H](Cc1c[nH]c2c(Br)cccc12)NC(=O)OC(C)(C)C.FB(F)F.S.S.S.S.S.[CH-]=C.[K+]. The molecule has 5 aromatic heterocycles. The van der Waals surface area contributed by atoms with Crippen molar-refractivity contribution in [1.29, 1.82) is 0 Å². The van der Waals surface area contributed by atoms with Crippen molar-refractivity contribution in [3.05, 3.63) is 256 Å². The Hall–Kier alpha value is -9.97. The number of ether oxygens (including phenoxy) is 7. The number of fused-ring (bicyclic) bond motifs is 8.